The van der Waals surface area contributed by atoms with E-state index in [1.54, 1.807) is 0 Å². The molecular weight excluding hydrogens is 340 g/mol. The van der Waals surface area contributed by atoms with Crippen LogP contribution in [0.2, 0.25) is 0 Å². The number of aldehydes is 1. The SMILES string of the molecule is CC(C)(C)c1ccc(-c2nn(C(C)(C)C)c(Br)c2C=O)cc1. The van der Waals surface area contributed by atoms with Crippen LogP contribution in [0, 0.1) is 0 Å². The molecule has 1 heterocycles. The summed E-state index contributed by atoms with van der Waals surface area (Å²) in [5, 5.41) is 4.65. The third-order valence-corrected chi connectivity index (χ3v) is 4.40. The molecule has 0 unspecified atom stereocenters. The van der Waals surface area contributed by atoms with Crippen LogP contribution in [0.4, 0.5) is 0 Å². The van der Waals surface area contributed by atoms with Crippen molar-refractivity contribution in [2.75, 3.05) is 0 Å². The lowest BCUT2D eigenvalue weighted by molar-refractivity contribution is 0.112. The molecule has 3 nitrogen and oxygen atoms in total. The van der Waals surface area contributed by atoms with Gasteiger partial charge in [0.25, 0.3) is 0 Å². The smallest absolute Gasteiger partial charge is 0.155 e. The van der Waals surface area contributed by atoms with Gasteiger partial charge in [-0.1, -0.05) is 45.0 Å². The van der Waals surface area contributed by atoms with Crippen molar-refractivity contribution in [3.05, 3.63) is 40.0 Å². The van der Waals surface area contributed by atoms with Gasteiger partial charge in [-0.05, 0) is 47.7 Å². The molecule has 0 fully saturated rings. The van der Waals surface area contributed by atoms with E-state index in [0.29, 0.717) is 5.56 Å². The number of carbonyl (C=O) groups excluding carboxylic acids is 1. The first-order valence-corrected chi connectivity index (χ1v) is 8.20. The fourth-order valence-corrected chi connectivity index (χ4v) is 3.19. The standard InChI is InChI=1S/C18H23BrN2O/c1-17(2,3)13-9-7-12(8-10-13)15-14(11-22)16(19)21(20-15)18(4,5)6/h7-11H,1-6H3. The van der Waals surface area contributed by atoms with E-state index in [1.807, 2.05) is 16.8 Å². The molecule has 4 heteroatoms. The molecule has 1 aromatic carbocycles. The van der Waals surface area contributed by atoms with Crippen molar-refractivity contribution in [3.63, 3.8) is 0 Å². The molecule has 1 aromatic heterocycles. The molecule has 0 aliphatic rings. The highest BCUT2D eigenvalue weighted by molar-refractivity contribution is 9.10. The van der Waals surface area contributed by atoms with Crippen molar-refractivity contribution in [3.8, 4) is 11.3 Å². The average molecular weight is 363 g/mol. The summed E-state index contributed by atoms with van der Waals surface area (Å²) in [4.78, 5) is 11.5. The second-order valence-corrected chi connectivity index (χ2v) is 8.33. The van der Waals surface area contributed by atoms with E-state index in [1.165, 1.54) is 5.56 Å². The number of benzene rings is 1. The number of nitrogens with zero attached hydrogens (tertiary/aromatic N) is 2. The van der Waals surface area contributed by atoms with Gasteiger partial charge in [-0.2, -0.15) is 5.10 Å². The van der Waals surface area contributed by atoms with Crippen molar-refractivity contribution in [2.24, 2.45) is 0 Å². The zero-order valence-corrected chi connectivity index (χ0v) is 15.7. The molecule has 0 bridgehead atoms. The number of rotatable bonds is 2. The van der Waals surface area contributed by atoms with Crippen LogP contribution in [-0.2, 0) is 11.0 Å². The Labute approximate surface area is 140 Å². The van der Waals surface area contributed by atoms with E-state index < -0.39 is 0 Å². The highest BCUT2D eigenvalue weighted by atomic mass is 79.9. The lowest BCUT2D eigenvalue weighted by Gasteiger charge is -2.20. The van der Waals surface area contributed by atoms with Crippen molar-refractivity contribution in [2.45, 2.75) is 52.5 Å². The number of hydrogen-bond donors (Lipinski definition) is 0. The van der Waals surface area contributed by atoms with E-state index in [0.717, 1.165) is 22.1 Å². The van der Waals surface area contributed by atoms with Crippen molar-refractivity contribution in [1.82, 2.24) is 9.78 Å². The van der Waals surface area contributed by atoms with Gasteiger partial charge in [0.15, 0.2) is 6.29 Å². The van der Waals surface area contributed by atoms with Gasteiger partial charge in [-0.3, -0.25) is 9.48 Å². The summed E-state index contributed by atoms with van der Waals surface area (Å²) in [5.74, 6) is 0. The Kier molecular flexibility index (Phi) is 4.35. The molecule has 22 heavy (non-hydrogen) atoms. The maximum atomic E-state index is 11.5. The van der Waals surface area contributed by atoms with E-state index >= 15 is 0 Å². The van der Waals surface area contributed by atoms with Crippen LogP contribution in [-0.4, -0.2) is 16.1 Å². The van der Waals surface area contributed by atoms with Crippen molar-refractivity contribution < 1.29 is 4.79 Å². The Bertz CT molecular complexity index is 686. The van der Waals surface area contributed by atoms with Gasteiger partial charge < -0.3 is 0 Å². The fourth-order valence-electron chi connectivity index (χ4n) is 2.30. The normalized spacial score (nSPS) is 12.5. The van der Waals surface area contributed by atoms with Gasteiger partial charge in [0.1, 0.15) is 10.3 Å². The van der Waals surface area contributed by atoms with E-state index in [4.69, 9.17) is 0 Å². The van der Waals surface area contributed by atoms with E-state index in [2.05, 4.69) is 74.7 Å². The van der Waals surface area contributed by atoms with Crippen molar-refractivity contribution >= 4 is 22.2 Å². The number of halogens is 1. The molecule has 0 N–H and O–H groups in total. The zero-order chi connectivity index (χ0) is 16.7. The molecule has 0 aliphatic carbocycles. The highest BCUT2D eigenvalue weighted by Crippen LogP contribution is 2.32. The summed E-state index contributed by atoms with van der Waals surface area (Å²) in [6, 6.07) is 8.28. The van der Waals surface area contributed by atoms with Crippen LogP contribution in [0.25, 0.3) is 11.3 Å². The van der Waals surface area contributed by atoms with Crippen LogP contribution in [0.15, 0.2) is 28.9 Å². The fraction of sp³-hybridized carbons (Fsp3) is 0.444. The van der Waals surface area contributed by atoms with Gasteiger partial charge in [0, 0.05) is 5.56 Å². The predicted molar refractivity (Wildman–Crippen MR) is 94.4 cm³/mol. The van der Waals surface area contributed by atoms with Crippen LogP contribution in [0.1, 0.15) is 57.5 Å². The maximum Gasteiger partial charge on any atom is 0.155 e. The summed E-state index contributed by atoms with van der Waals surface area (Å²) >= 11 is 3.51. The second-order valence-electron chi connectivity index (χ2n) is 7.58. The predicted octanol–water partition coefficient (Wildman–Crippen LogP) is 5.18. The molecule has 0 saturated carbocycles. The van der Waals surface area contributed by atoms with Gasteiger partial charge >= 0.3 is 0 Å². The summed E-state index contributed by atoms with van der Waals surface area (Å²) in [5.41, 5.74) is 3.45. The zero-order valence-electron chi connectivity index (χ0n) is 14.1. The van der Waals surface area contributed by atoms with Crippen LogP contribution in [0.3, 0.4) is 0 Å². The average Bonchev–Trinajstić information content (AvgIpc) is 2.74. The molecular formula is C18H23BrN2O. The molecule has 0 atom stereocenters. The Morgan fingerprint density at radius 3 is 2.00 bits per heavy atom. The number of aromatic nitrogens is 2. The quantitative estimate of drug-likeness (QED) is 0.690. The Hall–Kier alpha value is -1.42. The topological polar surface area (TPSA) is 34.9 Å². The van der Waals surface area contributed by atoms with E-state index in [9.17, 15) is 4.79 Å². The van der Waals surface area contributed by atoms with Crippen LogP contribution in [0.5, 0.6) is 0 Å². The largest absolute Gasteiger partial charge is 0.298 e. The Balaban J connectivity index is 2.56. The molecule has 0 radical (unpaired) electrons. The molecule has 2 rings (SSSR count). The van der Waals surface area contributed by atoms with Crippen molar-refractivity contribution in [1.29, 1.82) is 0 Å². The molecule has 118 valence electrons. The summed E-state index contributed by atoms with van der Waals surface area (Å²) < 4.78 is 2.58. The minimum atomic E-state index is -0.194. The summed E-state index contributed by atoms with van der Waals surface area (Å²) in [6.45, 7) is 12.7. The third kappa shape index (κ3) is 3.17. The van der Waals surface area contributed by atoms with Gasteiger partial charge in [0.2, 0.25) is 0 Å². The van der Waals surface area contributed by atoms with Crippen LogP contribution >= 0.6 is 15.9 Å². The monoisotopic (exact) mass is 362 g/mol. The second kappa shape index (κ2) is 5.65. The van der Waals surface area contributed by atoms with Gasteiger partial charge in [-0.25, -0.2) is 0 Å². The minimum absolute atomic E-state index is 0.109. The molecule has 0 saturated heterocycles. The molecule has 0 amide bonds. The van der Waals surface area contributed by atoms with Gasteiger partial charge in [-0.15, -0.1) is 0 Å². The van der Waals surface area contributed by atoms with Crippen LogP contribution < -0.4 is 0 Å². The third-order valence-electron chi connectivity index (χ3n) is 3.64. The minimum Gasteiger partial charge on any atom is -0.298 e. The first-order valence-electron chi connectivity index (χ1n) is 7.41. The molecule has 0 aliphatic heterocycles. The number of hydrogen-bond acceptors (Lipinski definition) is 2. The number of carbonyl (C=O) groups is 1. The van der Waals surface area contributed by atoms with E-state index in [-0.39, 0.29) is 11.0 Å². The first-order chi connectivity index (χ1) is 10.1. The Morgan fingerprint density at radius 1 is 1.05 bits per heavy atom. The lowest BCUT2D eigenvalue weighted by atomic mass is 9.86. The first kappa shape index (κ1) is 16.9. The maximum absolute atomic E-state index is 11.5. The lowest BCUT2D eigenvalue weighted by Crippen LogP contribution is -2.23. The molecule has 0 spiro atoms. The Morgan fingerprint density at radius 2 is 1.59 bits per heavy atom. The van der Waals surface area contributed by atoms with Gasteiger partial charge in [0.05, 0.1) is 11.1 Å². The highest BCUT2D eigenvalue weighted by Gasteiger charge is 2.24. The summed E-state index contributed by atoms with van der Waals surface area (Å²) in [7, 11) is 0. The molecule has 2 aromatic rings. The summed E-state index contributed by atoms with van der Waals surface area (Å²) in [6.07, 6.45) is 0.867.